The summed E-state index contributed by atoms with van der Waals surface area (Å²) in [5.74, 6) is -0.0381. The van der Waals surface area contributed by atoms with E-state index in [1.807, 2.05) is 36.7 Å². The maximum atomic E-state index is 13.3. The molecule has 2 aromatic heterocycles. The number of hydrogen-bond acceptors (Lipinski definition) is 5. The summed E-state index contributed by atoms with van der Waals surface area (Å²) in [5, 5.41) is 3.91. The molecule has 4 rings (SSSR count). The third-order valence-electron chi connectivity index (χ3n) is 5.02. The lowest BCUT2D eigenvalue weighted by Crippen LogP contribution is -2.24. The van der Waals surface area contributed by atoms with Crippen LogP contribution in [0.1, 0.15) is 6.92 Å². The summed E-state index contributed by atoms with van der Waals surface area (Å²) < 4.78 is 22.0. The third-order valence-corrected chi connectivity index (χ3v) is 6.00. The molecule has 0 aliphatic heterocycles. The molecule has 9 heteroatoms. The number of thioether (sulfide) groups is 1. The lowest BCUT2D eigenvalue weighted by molar-refractivity contribution is -0.113. The van der Waals surface area contributed by atoms with Crippen LogP contribution in [0, 0.1) is 5.82 Å². The van der Waals surface area contributed by atoms with Crippen molar-refractivity contribution in [1.29, 1.82) is 0 Å². The number of halogens is 1. The Morgan fingerprint density at radius 1 is 1.26 bits per heavy atom. The predicted octanol–water partition coefficient (Wildman–Crippen LogP) is 3.79. The first-order valence-corrected chi connectivity index (χ1v) is 10.7. The van der Waals surface area contributed by atoms with Crippen LogP contribution >= 0.6 is 11.8 Å². The van der Waals surface area contributed by atoms with Crippen molar-refractivity contribution in [3.8, 4) is 5.75 Å². The average molecular weight is 441 g/mol. The fourth-order valence-electron chi connectivity index (χ4n) is 3.54. The fraction of sp³-hybridized carbons (Fsp3) is 0.227. The van der Waals surface area contributed by atoms with Gasteiger partial charge in [-0.3, -0.25) is 14.2 Å². The zero-order valence-corrected chi connectivity index (χ0v) is 18.1. The summed E-state index contributed by atoms with van der Waals surface area (Å²) >= 11 is 1.17. The van der Waals surface area contributed by atoms with Crippen molar-refractivity contribution in [3.05, 3.63) is 58.6 Å². The SMILES string of the molecule is CCn1c(SCC(=O)Nc2cccc(F)c2)nc2c3cc(OC)ccc3n(C)c2c1=O. The molecule has 0 unspecified atom stereocenters. The second kappa shape index (κ2) is 8.43. The Labute approximate surface area is 181 Å². The minimum atomic E-state index is -0.427. The number of anilines is 1. The molecule has 0 spiro atoms. The Balaban J connectivity index is 1.70. The molecular weight excluding hydrogens is 419 g/mol. The van der Waals surface area contributed by atoms with Gasteiger partial charge in [-0.15, -0.1) is 0 Å². The van der Waals surface area contributed by atoms with Crippen LogP contribution in [0.4, 0.5) is 10.1 Å². The van der Waals surface area contributed by atoms with Gasteiger partial charge >= 0.3 is 0 Å². The number of carbonyl (C=O) groups is 1. The van der Waals surface area contributed by atoms with Gasteiger partial charge in [0.25, 0.3) is 5.56 Å². The first-order valence-electron chi connectivity index (χ1n) is 9.68. The number of aromatic nitrogens is 3. The van der Waals surface area contributed by atoms with Gasteiger partial charge in [0.05, 0.1) is 18.4 Å². The van der Waals surface area contributed by atoms with Crippen molar-refractivity contribution in [2.45, 2.75) is 18.6 Å². The van der Waals surface area contributed by atoms with E-state index in [1.54, 1.807) is 17.7 Å². The van der Waals surface area contributed by atoms with Crippen LogP contribution in [0.15, 0.2) is 52.4 Å². The summed E-state index contributed by atoms with van der Waals surface area (Å²) in [6.45, 7) is 2.28. The summed E-state index contributed by atoms with van der Waals surface area (Å²) in [6, 6.07) is 11.3. The van der Waals surface area contributed by atoms with E-state index in [-0.39, 0.29) is 17.2 Å². The first kappa shape index (κ1) is 20.9. The second-order valence-corrected chi connectivity index (χ2v) is 7.87. The highest BCUT2D eigenvalue weighted by atomic mass is 32.2. The Bertz CT molecular complexity index is 1360. The van der Waals surface area contributed by atoms with Gasteiger partial charge in [0.2, 0.25) is 5.91 Å². The molecule has 0 saturated heterocycles. The minimum Gasteiger partial charge on any atom is -0.497 e. The van der Waals surface area contributed by atoms with E-state index < -0.39 is 5.82 Å². The Morgan fingerprint density at radius 2 is 2.06 bits per heavy atom. The summed E-state index contributed by atoms with van der Waals surface area (Å²) in [4.78, 5) is 30.3. The Hall–Kier alpha value is -3.33. The zero-order chi connectivity index (χ0) is 22.1. The van der Waals surface area contributed by atoms with Crippen LogP contribution in [-0.4, -0.2) is 32.9 Å². The van der Waals surface area contributed by atoms with Gasteiger partial charge in [0, 0.05) is 24.7 Å². The number of rotatable bonds is 6. The van der Waals surface area contributed by atoms with Crippen LogP contribution in [0.2, 0.25) is 0 Å². The van der Waals surface area contributed by atoms with E-state index in [0.29, 0.717) is 34.2 Å². The maximum absolute atomic E-state index is 13.3. The lowest BCUT2D eigenvalue weighted by atomic mass is 10.2. The van der Waals surface area contributed by atoms with E-state index in [2.05, 4.69) is 5.32 Å². The van der Waals surface area contributed by atoms with E-state index in [0.717, 1.165) is 10.9 Å². The molecule has 0 atom stereocenters. The van der Waals surface area contributed by atoms with Gasteiger partial charge in [-0.05, 0) is 43.3 Å². The number of carbonyl (C=O) groups excluding carboxylic acids is 1. The number of ether oxygens (including phenoxy) is 1. The number of amides is 1. The standard InChI is InChI=1S/C22H21FN4O3S/c1-4-27-21(29)20-19(16-11-15(30-3)8-9-17(16)26(20)2)25-22(27)31-12-18(28)24-14-7-5-6-13(23)10-14/h5-11H,4,12H2,1-3H3,(H,24,28). The molecule has 4 aromatic rings. The van der Waals surface area contributed by atoms with Crippen molar-refractivity contribution in [2.75, 3.05) is 18.2 Å². The fourth-order valence-corrected chi connectivity index (χ4v) is 4.40. The largest absolute Gasteiger partial charge is 0.497 e. The molecule has 2 aromatic carbocycles. The smallest absolute Gasteiger partial charge is 0.278 e. The van der Waals surface area contributed by atoms with Gasteiger partial charge in [0.15, 0.2) is 5.16 Å². The van der Waals surface area contributed by atoms with E-state index in [1.165, 1.54) is 30.0 Å². The van der Waals surface area contributed by atoms with E-state index >= 15 is 0 Å². The molecule has 31 heavy (non-hydrogen) atoms. The van der Waals surface area contributed by atoms with E-state index in [9.17, 15) is 14.0 Å². The van der Waals surface area contributed by atoms with Crippen LogP contribution in [-0.2, 0) is 18.4 Å². The predicted molar refractivity (Wildman–Crippen MR) is 120 cm³/mol. The Kier molecular flexibility index (Phi) is 5.69. The Morgan fingerprint density at radius 3 is 2.77 bits per heavy atom. The monoisotopic (exact) mass is 440 g/mol. The highest BCUT2D eigenvalue weighted by Gasteiger charge is 2.19. The van der Waals surface area contributed by atoms with Crippen molar-refractivity contribution >= 4 is 45.3 Å². The van der Waals surface area contributed by atoms with Gasteiger partial charge in [-0.1, -0.05) is 17.8 Å². The molecule has 0 fully saturated rings. The molecule has 1 amide bonds. The highest BCUT2D eigenvalue weighted by molar-refractivity contribution is 7.99. The number of fused-ring (bicyclic) bond motifs is 3. The lowest BCUT2D eigenvalue weighted by Gasteiger charge is -2.11. The maximum Gasteiger partial charge on any atom is 0.278 e. The second-order valence-electron chi connectivity index (χ2n) is 6.93. The molecular formula is C22H21FN4O3S. The number of nitrogens with zero attached hydrogens (tertiary/aromatic N) is 3. The van der Waals surface area contributed by atoms with Crippen LogP contribution in [0.3, 0.4) is 0 Å². The average Bonchev–Trinajstić information content (AvgIpc) is 3.04. The van der Waals surface area contributed by atoms with Gasteiger partial charge in [-0.25, -0.2) is 9.37 Å². The first-order chi connectivity index (χ1) is 14.9. The molecule has 0 aliphatic carbocycles. The van der Waals surface area contributed by atoms with Crippen LogP contribution in [0.25, 0.3) is 21.9 Å². The topological polar surface area (TPSA) is 78.2 Å². The molecule has 0 aliphatic rings. The number of methoxy groups -OCH3 is 1. The molecule has 0 radical (unpaired) electrons. The third kappa shape index (κ3) is 3.88. The molecule has 0 saturated carbocycles. The quantitative estimate of drug-likeness (QED) is 0.365. The molecule has 7 nitrogen and oxygen atoms in total. The van der Waals surface area contributed by atoms with Gasteiger partial charge in [-0.2, -0.15) is 0 Å². The minimum absolute atomic E-state index is 0.0303. The normalized spacial score (nSPS) is 11.2. The summed E-state index contributed by atoms with van der Waals surface area (Å²) in [6.07, 6.45) is 0. The van der Waals surface area contributed by atoms with Crippen LogP contribution < -0.4 is 15.6 Å². The molecule has 160 valence electrons. The summed E-state index contributed by atoms with van der Waals surface area (Å²) in [7, 11) is 3.42. The van der Waals surface area contributed by atoms with Gasteiger partial charge in [0.1, 0.15) is 22.6 Å². The molecule has 2 heterocycles. The number of hydrogen-bond donors (Lipinski definition) is 1. The number of nitrogens with one attached hydrogen (secondary N) is 1. The number of aryl methyl sites for hydroxylation is 1. The van der Waals surface area contributed by atoms with Crippen molar-refractivity contribution in [2.24, 2.45) is 7.05 Å². The zero-order valence-electron chi connectivity index (χ0n) is 17.3. The highest BCUT2D eigenvalue weighted by Crippen LogP contribution is 2.30. The van der Waals surface area contributed by atoms with E-state index in [4.69, 9.17) is 9.72 Å². The van der Waals surface area contributed by atoms with Crippen molar-refractivity contribution in [1.82, 2.24) is 14.1 Å². The van der Waals surface area contributed by atoms with Crippen molar-refractivity contribution < 1.29 is 13.9 Å². The molecule has 0 bridgehead atoms. The summed E-state index contributed by atoms with van der Waals surface area (Å²) in [5.41, 5.74) is 2.15. The molecule has 1 N–H and O–H groups in total. The number of benzene rings is 2. The van der Waals surface area contributed by atoms with Gasteiger partial charge < -0.3 is 14.6 Å². The van der Waals surface area contributed by atoms with Crippen LogP contribution in [0.5, 0.6) is 5.75 Å². The van der Waals surface area contributed by atoms with Crippen molar-refractivity contribution in [3.63, 3.8) is 0 Å².